The average molecular weight is 419 g/mol. The monoisotopic (exact) mass is 419 g/mol. The van der Waals surface area contributed by atoms with Crippen LogP contribution in [-0.4, -0.2) is 25.2 Å². The molecule has 0 saturated carbocycles. The zero-order valence-corrected chi connectivity index (χ0v) is 16.5. The highest BCUT2D eigenvalue weighted by atomic mass is 127. The molecule has 1 aromatic carbocycles. The molecular weight excluding hydrogens is 389 g/mol. The Morgan fingerprint density at radius 1 is 1.23 bits per heavy atom. The van der Waals surface area contributed by atoms with Crippen molar-refractivity contribution in [3.63, 3.8) is 0 Å². The number of unbranched alkanes of at least 4 members (excludes halogenated alkanes) is 1. The van der Waals surface area contributed by atoms with E-state index < -0.39 is 0 Å². The Kier molecular flexibility index (Phi) is 12.0. The topological polar surface area (TPSA) is 45.7 Å². The highest BCUT2D eigenvalue weighted by molar-refractivity contribution is 14.0. The zero-order chi connectivity index (χ0) is 15.5. The number of benzene rings is 1. The molecule has 0 aromatic heterocycles. The summed E-state index contributed by atoms with van der Waals surface area (Å²) in [7, 11) is 0. The standard InChI is InChI=1S/C17H29N3O.HI/c1-5-7-11-19-17(18-6-2)20-13-15-9-8-10-16(12-15)21-14(3)4;/h8-10,12,14H,5-7,11,13H2,1-4H3,(H2,18,19,20);1H. The number of ether oxygens (including phenoxy) is 1. The molecule has 0 heterocycles. The molecule has 1 aromatic rings. The van der Waals surface area contributed by atoms with Gasteiger partial charge in [-0.1, -0.05) is 25.5 Å². The second-order valence-corrected chi connectivity index (χ2v) is 5.29. The van der Waals surface area contributed by atoms with Crippen molar-refractivity contribution in [1.29, 1.82) is 0 Å². The van der Waals surface area contributed by atoms with E-state index in [4.69, 9.17) is 4.74 Å². The molecule has 0 unspecified atom stereocenters. The fraction of sp³-hybridized carbons (Fsp3) is 0.588. The molecule has 0 amide bonds. The van der Waals surface area contributed by atoms with Gasteiger partial charge >= 0.3 is 0 Å². The fourth-order valence-electron chi connectivity index (χ4n) is 1.88. The molecule has 0 aliphatic heterocycles. The summed E-state index contributed by atoms with van der Waals surface area (Å²) in [6, 6.07) is 8.13. The number of hydrogen-bond acceptors (Lipinski definition) is 2. The first-order valence-corrected chi connectivity index (χ1v) is 7.93. The summed E-state index contributed by atoms with van der Waals surface area (Å²) in [6.45, 7) is 10.8. The third-order valence-electron chi connectivity index (χ3n) is 2.86. The third kappa shape index (κ3) is 9.12. The van der Waals surface area contributed by atoms with Crippen molar-refractivity contribution in [3.8, 4) is 5.75 Å². The number of nitrogens with one attached hydrogen (secondary N) is 2. The maximum absolute atomic E-state index is 5.71. The molecule has 2 N–H and O–H groups in total. The molecule has 4 nitrogen and oxygen atoms in total. The van der Waals surface area contributed by atoms with Gasteiger partial charge in [-0.15, -0.1) is 24.0 Å². The van der Waals surface area contributed by atoms with Crippen LogP contribution in [0.1, 0.15) is 46.1 Å². The van der Waals surface area contributed by atoms with Crippen molar-refractivity contribution < 1.29 is 4.74 Å². The third-order valence-corrected chi connectivity index (χ3v) is 2.86. The molecular formula is C17H30IN3O. The first kappa shape index (κ1) is 21.0. The Morgan fingerprint density at radius 3 is 2.64 bits per heavy atom. The van der Waals surface area contributed by atoms with Crippen LogP contribution in [0, 0.1) is 0 Å². The minimum absolute atomic E-state index is 0. The van der Waals surface area contributed by atoms with E-state index in [1.165, 1.54) is 6.42 Å². The van der Waals surface area contributed by atoms with E-state index in [1.807, 2.05) is 26.0 Å². The van der Waals surface area contributed by atoms with E-state index in [0.29, 0.717) is 6.54 Å². The van der Waals surface area contributed by atoms with Gasteiger partial charge in [-0.2, -0.15) is 0 Å². The molecule has 22 heavy (non-hydrogen) atoms. The van der Waals surface area contributed by atoms with Gasteiger partial charge in [-0.3, -0.25) is 0 Å². The van der Waals surface area contributed by atoms with Crippen molar-refractivity contribution in [2.45, 2.75) is 53.2 Å². The van der Waals surface area contributed by atoms with Gasteiger partial charge in [-0.05, 0) is 44.9 Å². The van der Waals surface area contributed by atoms with Gasteiger partial charge in [-0.25, -0.2) is 4.99 Å². The van der Waals surface area contributed by atoms with Gasteiger partial charge in [0.15, 0.2) is 5.96 Å². The predicted octanol–water partition coefficient (Wildman–Crippen LogP) is 3.95. The number of nitrogens with zero attached hydrogens (tertiary/aromatic N) is 1. The van der Waals surface area contributed by atoms with Crippen LogP contribution < -0.4 is 15.4 Å². The summed E-state index contributed by atoms with van der Waals surface area (Å²) in [5, 5.41) is 6.61. The lowest BCUT2D eigenvalue weighted by Crippen LogP contribution is -2.37. The van der Waals surface area contributed by atoms with Crippen molar-refractivity contribution in [3.05, 3.63) is 29.8 Å². The summed E-state index contributed by atoms with van der Waals surface area (Å²) in [5.74, 6) is 1.78. The minimum Gasteiger partial charge on any atom is -0.491 e. The molecule has 0 bridgehead atoms. The normalized spacial score (nSPS) is 11.0. The van der Waals surface area contributed by atoms with Gasteiger partial charge in [0.1, 0.15) is 5.75 Å². The smallest absolute Gasteiger partial charge is 0.191 e. The van der Waals surface area contributed by atoms with Crippen LogP contribution in [-0.2, 0) is 6.54 Å². The van der Waals surface area contributed by atoms with Crippen molar-refractivity contribution in [1.82, 2.24) is 10.6 Å². The first-order valence-electron chi connectivity index (χ1n) is 7.93. The second-order valence-electron chi connectivity index (χ2n) is 5.29. The van der Waals surface area contributed by atoms with E-state index in [2.05, 4.69) is 41.6 Å². The van der Waals surface area contributed by atoms with E-state index >= 15 is 0 Å². The first-order chi connectivity index (χ1) is 10.2. The summed E-state index contributed by atoms with van der Waals surface area (Å²) < 4.78 is 5.71. The number of aliphatic imine (C=N–C) groups is 1. The van der Waals surface area contributed by atoms with Crippen LogP contribution in [0.15, 0.2) is 29.3 Å². The molecule has 1 rings (SSSR count). The van der Waals surface area contributed by atoms with Gasteiger partial charge in [0.2, 0.25) is 0 Å². The van der Waals surface area contributed by atoms with Crippen LogP contribution in [0.5, 0.6) is 5.75 Å². The van der Waals surface area contributed by atoms with E-state index in [-0.39, 0.29) is 30.1 Å². The van der Waals surface area contributed by atoms with Crippen molar-refractivity contribution >= 4 is 29.9 Å². The molecule has 0 aliphatic carbocycles. The molecule has 0 aliphatic rings. The minimum atomic E-state index is 0. The fourth-order valence-corrected chi connectivity index (χ4v) is 1.88. The highest BCUT2D eigenvalue weighted by Gasteiger charge is 2.00. The summed E-state index contributed by atoms with van der Waals surface area (Å²) >= 11 is 0. The Hall–Kier alpha value is -0.980. The maximum Gasteiger partial charge on any atom is 0.191 e. The van der Waals surface area contributed by atoms with Gasteiger partial charge < -0.3 is 15.4 Å². The molecule has 0 spiro atoms. The Morgan fingerprint density at radius 2 is 2.00 bits per heavy atom. The molecule has 0 radical (unpaired) electrons. The number of rotatable bonds is 8. The van der Waals surface area contributed by atoms with Gasteiger partial charge in [0, 0.05) is 13.1 Å². The average Bonchev–Trinajstić information content (AvgIpc) is 2.44. The maximum atomic E-state index is 5.71. The Bertz CT molecular complexity index is 436. The summed E-state index contributed by atoms with van der Waals surface area (Å²) in [6.07, 6.45) is 2.53. The van der Waals surface area contributed by atoms with Crippen LogP contribution >= 0.6 is 24.0 Å². The molecule has 0 atom stereocenters. The lowest BCUT2D eigenvalue weighted by atomic mass is 10.2. The van der Waals surface area contributed by atoms with Crippen LogP contribution in [0.4, 0.5) is 0 Å². The predicted molar refractivity (Wildman–Crippen MR) is 105 cm³/mol. The van der Waals surface area contributed by atoms with Gasteiger partial charge in [0.25, 0.3) is 0 Å². The Balaban J connectivity index is 0.00000441. The molecule has 0 saturated heterocycles. The quantitative estimate of drug-likeness (QED) is 0.290. The summed E-state index contributed by atoms with van der Waals surface area (Å²) in [5.41, 5.74) is 1.15. The molecule has 0 fully saturated rings. The van der Waals surface area contributed by atoms with Crippen LogP contribution in [0.3, 0.4) is 0 Å². The van der Waals surface area contributed by atoms with E-state index in [0.717, 1.165) is 36.8 Å². The lowest BCUT2D eigenvalue weighted by molar-refractivity contribution is 0.242. The SMILES string of the molecule is CCCCNC(=NCc1cccc(OC(C)C)c1)NCC.I. The molecule has 5 heteroatoms. The van der Waals surface area contributed by atoms with Crippen molar-refractivity contribution in [2.24, 2.45) is 4.99 Å². The van der Waals surface area contributed by atoms with E-state index in [1.54, 1.807) is 0 Å². The lowest BCUT2D eigenvalue weighted by Gasteiger charge is -2.12. The zero-order valence-electron chi connectivity index (χ0n) is 14.2. The van der Waals surface area contributed by atoms with Crippen LogP contribution in [0.25, 0.3) is 0 Å². The Labute approximate surface area is 152 Å². The van der Waals surface area contributed by atoms with E-state index in [9.17, 15) is 0 Å². The summed E-state index contributed by atoms with van der Waals surface area (Å²) in [4.78, 5) is 4.61. The highest BCUT2D eigenvalue weighted by Crippen LogP contribution is 2.15. The molecule has 126 valence electrons. The number of halogens is 1. The van der Waals surface area contributed by atoms with Crippen molar-refractivity contribution in [2.75, 3.05) is 13.1 Å². The number of guanidine groups is 1. The largest absolute Gasteiger partial charge is 0.491 e. The van der Waals surface area contributed by atoms with Crippen LogP contribution in [0.2, 0.25) is 0 Å². The van der Waals surface area contributed by atoms with Gasteiger partial charge in [0.05, 0.1) is 12.6 Å². The number of hydrogen-bond donors (Lipinski definition) is 2. The second kappa shape index (κ2) is 12.6.